The molecule has 2 rings (SSSR count). The second-order valence-electron chi connectivity index (χ2n) is 5.01. The summed E-state index contributed by atoms with van der Waals surface area (Å²) in [7, 11) is 0. The van der Waals surface area contributed by atoms with Crippen molar-refractivity contribution in [3.63, 3.8) is 0 Å². The van der Waals surface area contributed by atoms with Gasteiger partial charge in [0.05, 0.1) is 5.52 Å². The molecule has 0 spiro atoms. The summed E-state index contributed by atoms with van der Waals surface area (Å²) in [6.45, 7) is 5.40. The number of hydrogen-bond acceptors (Lipinski definition) is 1. The zero-order valence-electron chi connectivity index (χ0n) is 10.8. The van der Waals surface area contributed by atoms with Crippen LogP contribution in [0.2, 0.25) is 0 Å². The maximum absolute atomic E-state index is 11.8. The Morgan fingerprint density at radius 3 is 2.61 bits per heavy atom. The Balaban J connectivity index is 2.46. The van der Waals surface area contributed by atoms with E-state index in [1.165, 1.54) is 0 Å². The third kappa shape index (κ3) is 2.66. The van der Waals surface area contributed by atoms with Crippen LogP contribution in [0.25, 0.3) is 10.9 Å². The van der Waals surface area contributed by atoms with E-state index in [-0.39, 0.29) is 5.43 Å². The van der Waals surface area contributed by atoms with E-state index in [1.54, 1.807) is 6.07 Å². The van der Waals surface area contributed by atoms with Gasteiger partial charge < -0.3 is 4.57 Å². The van der Waals surface area contributed by atoms with Crippen LogP contribution in [0.15, 0.2) is 41.3 Å². The van der Waals surface area contributed by atoms with E-state index in [4.69, 9.17) is 0 Å². The largest absolute Gasteiger partial charge is 0.347 e. The molecule has 0 saturated heterocycles. The highest BCUT2D eigenvalue weighted by Crippen LogP contribution is 2.18. The Morgan fingerprint density at radius 2 is 1.94 bits per heavy atom. The van der Waals surface area contributed by atoms with Crippen molar-refractivity contribution >= 4 is 26.8 Å². The number of halogens is 1. The van der Waals surface area contributed by atoms with Crippen molar-refractivity contribution in [2.75, 3.05) is 5.33 Å². The average molecular weight is 308 g/mol. The number of benzene rings is 1. The zero-order chi connectivity index (χ0) is 13.1. The minimum atomic E-state index is 0.0989. The Morgan fingerprint density at radius 1 is 1.22 bits per heavy atom. The van der Waals surface area contributed by atoms with E-state index < -0.39 is 0 Å². The molecule has 18 heavy (non-hydrogen) atoms. The Labute approximate surface area is 116 Å². The van der Waals surface area contributed by atoms with Crippen molar-refractivity contribution in [1.82, 2.24) is 4.57 Å². The lowest BCUT2D eigenvalue weighted by Gasteiger charge is -2.21. The first kappa shape index (κ1) is 13.3. The molecule has 1 aromatic heterocycles. The van der Waals surface area contributed by atoms with Gasteiger partial charge in [0, 0.05) is 29.5 Å². The summed E-state index contributed by atoms with van der Waals surface area (Å²) in [6.07, 6.45) is 1.91. The van der Waals surface area contributed by atoms with Crippen LogP contribution in [0.1, 0.15) is 13.8 Å². The van der Waals surface area contributed by atoms with Crippen molar-refractivity contribution in [3.05, 3.63) is 46.8 Å². The molecule has 1 atom stereocenters. The summed E-state index contributed by atoms with van der Waals surface area (Å²) in [5, 5.41) is 1.78. The first-order valence-corrected chi connectivity index (χ1v) is 7.39. The van der Waals surface area contributed by atoms with Gasteiger partial charge in [0.1, 0.15) is 0 Å². The second kappa shape index (κ2) is 5.70. The standard InChI is InChI=1S/C15H18BrNO/c1-11(2)12(9-16)10-17-8-7-15(18)13-5-3-4-6-14(13)17/h3-8,11-12H,9-10H2,1-2H3. The first-order valence-electron chi connectivity index (χ1n) is 6.27. The molecule has 1 unspecified atom stereocenters. The number of nitrogens with zero attached hydrogens (tertiary/aromatic N) is 1. The third-order valence-corrected chi connectivity index (χ3v) is 4.29. The first-order chi connectivity index (χ1) is 8.63. The summed E-state index contributed by atoms with van der Waals surface area (Å²) in [4.78, 5) is 11.8. The predicted octanol–water partition coefficient (Wildman–Crippen LogP) is 3.67. The van der Waals surface area contributed by atoms with Crippen molar-refractivity contribution in [1.29, 1.82) is 0 Å². The van der Waals surface area contributed by atoms with Crippen LogP contribution in [0.4, 0.5) is 0 Å². The summed E-state index contributed by atoms with van der Waals surface area (Å²) in [5.74, 6) is 1.18. The maximum Gasteiger partial charge on any atom is 0.189 e. The van der Waals surface area contributed by atoms with Crippen LogP contribution in [0, 0.1) is 11.8 Å². The molecule has 0 saturated carbocycles. The maximum atomic E-state index is 11.8. The predicted molar refractivity (Wildman–Crippen MR) is 80.3 cm³/mol. The molecule has 0 bridgehead atoms. The van der Waals surface area contributed by atoms with E-state index in [0.29, 0.717) is 11.8 Å². The lowest BCUT2D eigenvalue weighted by Crippen LogP contribution is -2.19. The van der Waals surface area contributed by atoms with Crippen LogP contribution in [-0.2, 0) is 6.54 Å². The number of para-hydroxylation sites is 1. The molecule has 0 aliphatic rings. The fourth-order valence-corrected chi connectivity index (χ4v) is 3.06. The summed E-state index contributed by atoms with van der Waals surface area (Å²) in [6, 6.07) is 9.47. The molecule has 0 aliphatic heterocycles. The van der Waals surface area contributed by atoms with Gasteiger partial charge in [0.15, 0.2) is 5.43 Å². The Bertz CT molecular complexity index is 588. The number of aromatic nitrogens is 1. The molecular weight excluding hydrogens is 290 g/mol. The normalized spacial score (nSPS) is 13.1. The third-order valence-electron chi connectivity index (χ3n) is 3.46. The highest BCUT2D eigenvalue weighted by molar-refractivity contribution is 9.09. The smallest absolute Gasteiger partial charge is 0.189 e. The van der Waals surface area contributed by atoms with Gasteiger partial charge in [-0.1, -0.05) is 41.9 Å². The molecule has 0 N–H and O–H groups in total. The highest BCUT2D eigenvalue weighted by atomic mass is 79.9. The van der Waals surface area contributed by atoms with Gasteiger partial charge in [-0.05, 0) is 24.0 Å². The minimum absolute atomic E-state index is 0.0989. The molecule has 2 aromatic rings. The monoisotopic (exact) mass is 307 g/mol. The fraction of sp³-hybridized carbons (Fsp3) is 0.400. The van der Waals surface area contributed by atoms with Crippen molar-refractivity contribution in [2.45, 2.75) is 20.4 Å². The van der Waals surface area contributed by atoms with Gasteiger partial charge in [0.2, 0.25) is 0 Å². The second-order valence-corrected chi connectivity index (χ2v) is 5.66. The number of pyridine rings is 1. The SMILES string of the molecule is CC(C)C(CBr)Cn1ccc(=O)c2ccccc21. The lowest BCUT2D eigenvalue weighted by molar-refractivity contribution is 0.377. The summed E-state index contributed by atoms with van der Waals surface area (Å²) < 4.78 is 2.18. The number of fused-ring (bicyclic) bond motifs is 1. The zero-order valence-corrected chi connectivity index (χ0v) is 12.4. The molecule has 3 heteroatoms. The van der Waals surface area contributed by atoms with Crippen molar-refractivity contribution in [2.24, 2.45) is 11.8 Å². The van der Waals surface area contributed by atoms with E-state index >= 15 is 0 Å². The average Bonchev–Trinajstić information content (AvgIpc) is 2.38. The number of rotatable bonds is 4. The Kier molecular flexibility index (Phi) is 4.23. The van der Waals surface area contributed by atoms with Gasteiger partial charge in [-0.25, -0.2) is 0 Å². The molecule has 0 radical (unpaired) electrons. The molecule has 0 amide bonds. The van der Waals surface area contributed by atoms with E-state index in [2.05, 4.69) is 34.3 Å². The summed E-state index contributed by atoms with van der Waals surface area (Å²) >= 11 is 3.58. The number of hydrogen-bond donors (Lipinski definition) is 0. The van der Waals surface area contributed by atoms with Gasteiger partial charge >= 0.3 is 0 Å². The van der Waals surface area contributed by atoms with Crippen LogP contribution in [0.5, 0.6) is 0 Å². The van der Waals surface area contributed by atoms with Crippen LogP contribution < -0.4 is 5.43 Å². The molecular formula is C15H18BrNO. The summed E-state index contributed by atoms with van der Waals surface area (Å²) in [5.41, 5.74) is 1.12. The van der Waals surface area contributed by atoms with Gasteiger partial charge in [-0.3, -0.25) is 4.79 Å². The van der Waals surface area contributed by atoms with Gasteiger partial charge in [-0.15, -0.1) is 0 Å². The molecule has 0 aliphatic carbocycles. The van der Waals surface area contributed by atoms with Gasteiger partial charge in [0.25, 0.3) is 0 Å². The molecule has 96 valence electrons. The van der Waals surface area contributed by atoms with Crippen molar-refractivity contribution < 1.29 is 0 Å². The molecule has 1 aromatic carbocycles. The molecule has 2 nitrogen and oxygen atoms in total. The van der Waals surface area contributed by atoms with Crippen LogP contribution >= 0.6 is 15.9 Å². The van der Waals surface area contributed by atoms with Crippen LogP contribution in [0.3, 0.4) is 0 Å². The van der Waals surface area contributed by atoms with E-state index in [9.17, 15) is 4.79 Å². The molecule has 0 fully saturated rings. The molecule has 1 heterocycles. The Hall–Kier alpha value is -1.09. The van der Waals surface area contributed by atoms with Crippen molar-refractivity contribution in [3.8, 4) is 0 Å². The van der Waals surface area contributed by atoms with E-state index in [1.807, 2.05) is 30.5 Å². The van der Waals surface area contributed by atoms with E-state index in [0.717, 1.165) is 22.8 Å². The topological polar surface area (TPSA) is 22.0 Å². The lowest BCUT2D eigenvalue weighted by atomic mass is 9.98. The quantitative estimate of drug-likeness (QED) is 0.790. The van der Waals surface area contributed by atoms with Crippen LogP contribution in [-0.4, -0.2) is 9.90 Å². The van der Waals surface area contributed by atoms with Gasteiger partial charge in [-0.2, -0.15) is 0 Å². The fourth-order valence-electron chi connectivity index (χ4n) is 2.11. The minimum Gasteiger partial charge on any atom is -0.347 e. The highest BCUT2D eigenvalue weighted by Gasteiger charge is 2.13. The number of alkyl halides is 1.